The van der Waals surface area contributed by atoms with Crippen molar-refractivity contribution < 1.29 is 0 Å². The van der Waals surface area contributed by atoms with Crippen LogP contribution in [0.15, 0.2) is 35.3 Å². The lowest BCUT2D eigenvalue weighted by molar-refractivity contribution is 0.267. The van der Waals surface area contributed by atoms with Gasteiger partial charge in [0.15, 0.2) is 0 Å². The van der Waals surface area contributed by atoms with E-state index in [-0.39, 0.29) is 10.6 Å². The summed E-state index contributed by atoms with van der Waals surface area (Å²) < 4.78 is 1.22. The van der Waals surface area contributed by atoms with E-state index in [0.29, 0.717) is 12.2 Å². The Balaban J connectivity index is 1.47. The van der Waals surface area contributed by atoms with Crippen molar-refractivity contribution in [1.82, 2.24) is 14.7 Å². The van der Waals surface area contributed by atoms with Gasteiger partial charge in [-0.2, -0.15) is 5.10 Å². The van der Waals surface area contributed by atoms with Crippen molar-refractivity contribution in [2.75, 3.05) is 49.5 Å². The number of piperazine rings is 1. The Bertz CT molecular complexity index is 787. The molecule has 8 heteroatoms. The zero-order valence-electron chi connectivity index (χ0n) is 14.1. The number of anilines is 2. The number of aryl methyl sites for hydroxylation is 1. The second kappa shape index (κ2) is 8.08. The Morgan fingerprint density at radius 1 is 1.20 bits per heavy atom. The fraction of sp³-hybridized carbons (Fsp3) is 0.412. The maximum absolute atomic E-state index is 11.8. The van der Waals surface area contributed by atoms with Gasteiger partial charge in [-0.25, -0.2) is 4.68 Å². The van der Waals surface area contributed by atoms with Gasteiger partial charge in [0.1, 0.15) is 5.02 Å². The van der Waals surface area contributed by atoms with Crippen LogP contribution < -0.4 is 15.8 Å². The number of hydrogen-bond acceptors (Lipinski definition) is 5. The van der Waals surface area contributed by atoms with Crippen LogP contribution in [0.3, 0.4) is 0 Å². The monoisotopic (exact) mass is 381 g/mol. The van der Waals surface area contributed by atoms with Crippen molar-refractivity contribution in [2.45, 2.75) is 0 Å². The molecule has 2 aromatic rings. The first-order chi connectivity index (χ1) is 12.0. The molecule has 2 heterocycles. The highest BCUT2D eigenvalue weighted by atomic mass is 35.5. The highest BCUT2D eigenvalue weighted by molar-refractivity contribution is 6.32. The molecule has 6 nitrogen and oxygen atoms in total. The summed E-state index contributed by atoms with van der Waals surface area (Å²) >= 11 is 12.1. The quantitative estimate of drug-likeness (QED) is 0.860. The molecule has 0 atom stereocenters. The lowest BCUT2D eigenvalue weighted by Gasteiger charge is -2.36. The van der Waals surface area contributed by atoms with E-state index in [1.807, 2.05) is 18.2 Å². The molecule has 0 spiro atoms. The molecule has 134 valence electrons. The standard InChI is InChI=1S/C17H21Cl2N5O/c1-22-17(25)16(19)15(12-21-22)20-5-6-23-7-9-24(10-8-23)14-4-2-3-13(18)11-14/h2-4,11-12,20H,5-10H2,1H3. The van der Waals surface area contributed by atoms with Crippen LogP contribution in [0, 0.1) is 0 Å². The van der Waals surface area contributed by atoms with Gasteiger partial charge in [-0.3, -0.25) is 9.69 Å². The number of nitrogens with one attached hydrogen (secondary N) is 1. The van der Waals surface area contributed by atoms with E-state index in [1.165, 1.54) is 10.4 Å². The molecule has 1 aromatic carbocycles. The SMILES string of the molecule is Cn1ncc(NCCN2CCN(c3cccc(Cl)c3)CC2)c(Cl)c1=O. The third kappa shape index (κ3) is 4.45. The third-order valence-electron chi connectivity index (χ3n) is 4.37. The number of hydrogen-bond donors (Lipinski definition) is 1. The van der Waals surface area contributed by atoms with E-state index < -0.39 is 0 Å². The molecule has 0 aliphatic carbocycles. The van der Waals surface area contributed by atoms with Gasteiger partial charge < -0.3 is 10.2 Å². The van der Waals surface area contributed by atoms with Crippen LogP contribution in [0.2, 0.25) is 10.0 Å². The van der Waals surface area contributed by atoms with Crippen LogP contribution in [0.25, 0.3) is 0 Å². The van der Waals surface area contributed by atoms with Gasteiger partial charge >= 0.3 is 0 Å². The maximum Gasteiger partial charge on any atom is 0.287 e. The predicted molar refractivity (Wildman–Crippen MR) is 103 cm³/mol. The fourth-order valence-corrected chi connectivity index (χ4v) is 3.31. The van der Waals surface area contributed by atoms with Crippen molar-refractivity contribution in [1.29, 1.82) is 0 Å². The largest absolute Gasteiger partial charge is 0.381 e. The minimum Gasteiger partial charge on any atom is -0.381 e. The van der Waals surface area contributed by atoms with E-state index in [4.69, 9.17) is 23.2 Å². The van der Waals surface area contributed by atoms with E-state index >= 15 is 0 Å². The maximum atomic E-state index is 11.8. The molecule has 1 aliphatic rings. The van der Waals surface area contributed by atoms with Crippen LogP contribution in [-0.4, -0.2) is 53.9 Å². The molecule has 1 saturated heterocycles. The van der Waals surface area contributed by atoms with Crippen molar-refractivity contribution in [3.8, 4) is 0 Å². The summed E-state index contributed by atoms with van der Waals surface area (Å²) in [7, 11) is 1.58. The second-order valence-electron chi connectivity index (χ2n) is 6.04. The molecule has 25 heavy (non-hydrogen) atoms. The predicted octanol–water partition coefficient (Wildman–Crippen LogP) is 2.32. The Morgan fingerprint density at radius 2 is 1.96 bits per heavy atom. The van der Waals surface area contributed by atoms with Crippen LogP contribution in [0.1, 0.15) is 0 Å². The van der Waals surface area contributed by atoms with Crippen LogP contribution in [0.4, 0.5) is 11.4 Å². The molecular weight excluding hydrogens is 361 g/mol. The number of benzene rings is 1. The van der Waals surface area contributed by atoms with E-state index in [0.717, 1.165) is 37.7 Å². The van der Waals surface area contributed by atoms with Gasteiger partial charge in [-0.1, -0.05) is 29.3 Å². The minimum absolute atomic E-state index is 0.184. The summed E-state index contributed by atoms with van der Waals surface area (Å²) in [6.07, 6.45) is 1.58. The zero-order chi connectivity index (χ0) is 17.8. The van der Waals surface area contributed by atoms with Gasteiger partial charge in [0, 0.05) is 57.0 Å². The third-order valence-corrected chi connectivity index (χ3v) is 4.97. The van der Waals surface area contributed by atoms with E-state index in [9.17, 15) is 4.79 Å². The Kier molecular flexibility index (Phi) is 5.83. The lowest BCUT2D eigenvalue weighted by Crippen LogP contribution is -2.47. The Morgan fingerprint density at radius 3 is 2.68 bits per heavy atom. The van der Waals surface area contributed by atoms with Crippen LogP contribution >= 0.6 is 23.2 Å². The molecule has 1 aromatic heterocycles. The highest BCUT2D eigenvalue weighted by Crippen LogP contribution is 2.20. The molecule has 0 amide bonds. The molecule has 0 radical (unpaired) electrons. The Labute approximate surface area is 156 Å². The first kappa shape index (κ1) is 18.0. The number of nitrogens with zero attached hydrogens (tertiary/aromatic N) is 4. The normalized spacial score (nSPS) is 15.4. The molecule has 1 fully saturated rings. The Hall–Kier alpha value is -1.76. The first-order valence-corrected chi connectivity index (χ1v) is 8.99. The lowest BCUT2D eigenvalue weighted by atomic mass is 10.2. The van der Waals surface area contributed by atoms with Crippen LogP contribution in [-0.2, 0) is 7.05 Å². The molecule has 0 saturated carbocycles. The summed E-state index contributed by atoms with van der Waals surface area (Å²) in [6.45, 7) is 5.50. The van der Waals surface area contributed by atoms with Gasteiger partial charge in [-0.15, -0.1) is 0 Å². The number of rotatable bonds is 5. The van der Waals surface area contributed by atoms with E-state index in [2.05, 4.69) is 26.3 Å². The first-order valence-electron chi connectivity index (χ1n) is 8.23. The molecule has 0 bridgehead atoms. The van der Waals surface area contributed by atoms with Gasteiger partial charge in [-0.05, 0) is 18.2 Å². The number of halogens is 2. The van der Waals surface area contributed by atoms with Gasteiger partial charge in [0.2, 0.25) is 0 Å². The number of aromatic nitrogens is 2. The van der Waals surface area contributed by atoms with Crippen molar-refractivity contribution in [3.63, 3.8) is 0 Å². The fourth-order valence-electron chi connectivity index (χ4n) is 2.89. The molecular formula is C17H21Cl2N5O. The minimum atomic E-state index is -0.290. The molecule has 0 unspecified atom stereocenters. The van der Waals surface area contributed by atoms with Crippen LogP contribution in [0.5, 0.6) is 0 Å². The summed E-state index contributed by atoms with van der Waals surface area (Å²) in [5.41, 5.74) is 1.47. The second-order valence-corrected chi connectivity index (χ2v) is 6.85. The van der Waals surface area contributed by atoms with Crippen molar-refractivity contribution >= 4 is 34.6 Å². The average molecular weight is 382 g/mol. The van der Waals surface area contributed by atoms with Gasteiger partial charge in [0.05, 0.1) is 11.9 Å². The highest BCUT2D eigenvalue weighted by Gasteiger charge is 2.17. The summed E-state index contributed by atoms with van der Waals surface area (Å²) in [5.74, 6) is 0. The van der Waals surface area contributed by atoms with Crippen molar-refractivity contribution in [2.24, 2.45) is 7.05 Å². The average Bonchev–Trinajstić information content (AvgIpc) is 2.62. The molecule has 1 aliphatic heterocycles. The summed E-state index contributed by atoms with van der Waals surface area (Å²) in [5, 5.41) is 8.13. The topological polar surface area (TPSA) is 53.4 Å². The molecule has 1 N–H and O–H groups in total. The van der Waals surface area contributed by atoms with Gasteiger partial charge in [0.25, 0.3) is 5.56 Å². The van der Waals surface area contributed by atoms with Crippen molar-refractivity contribution in [3.05, 3.63) is 50.9 Å². The van der Waals surface area contributed by atoms with E-state index in [1.54, 1.807) is 13.2 Å². The zero-order valence-corrected chi connectivity index (χ0v) is 15.6. The summed E-state index contributed by atoms with van der Waals surface area (Å²) in [4.78, 5) is 16.5. The smallest absolute Gasteiger partial charge is 0.287 e. The summed E-state index contributed by atoms with van der Waals surface area (Å²) in [6, 6.07) is 7.97. The molecule has 3 rings (SSSR count).